The van der Waals surface area contributed by atoms with E-state index in [1.54, 1.807) is 6.07 Å². The summed E-state index contributed by atoms with van der Waals surface area (Å²) in [7, 11) is 1.92. The number of carbonyl (C=O) groups is 4. The molecule has 0 radical (unpaired) electrons. The van der Waals surface area contributed by atoms with Crippen LogP contribution in [0.25, 0.3) is 21.1 Å². The number of carbonyl (C=O) groups excluding carboxylic acids is 3. The monoisotopic (exact) mass is 986 g/mol. The number of benzene rings is 4. The van der Waals surface area contributed by atoms with Crippen LogP contribution in [0.4, 0.5) is 16.6 Å². The lowest BCUT2D eigenvalue weighted by Gasteiger charge is -2.38. The van der Waals surface area contributed by atoms with E-state index in [-0.39, 0.29) is 30.0 Å². The molecular weight excluding hydrogens is 929 g/mol. The molecule has 1 unspecified atom stereocenters. The summed E-state index contributed by atoms with van der Waals surface area (Å²) in [5.74, 6) is -0.414. The van der Waals surface area contributed by atoms with Gasteiger partial charge in [-0.15, -0.1) is 0 Å². The predicted octanol–water partition coefficient (Wildman–Crippen LogP) is 7.27. The number of nitrogens with zero attached hydrogens (tertiary/aromatic N) is 8. The summed E-state index contributed by atoms with van der Waals surface area (Å²) < 4.78 is 9.09. The lowest BCUT2D eigenvalue weighted by Crippen LogP contribution is -2.49. The predicted molar refractivity (Wildman–Crippen MR) is 278 cm³/mol. The van der Waals surface area contributed by atoms with Crippen LogP contribution in [0.5, 0.6) is 5.75 Å². The number of hydrogen-bond acceptors (Lipinski definition) is 13. The summed E-state index contributed by atoms with van der Waals surface area (Å²) >= 11 is 1.43. The molecule has 4 aliphatic rings. The Bertz CT molecular complexity index is 3160. The van der Waals surface area contributed by atoms with Crippen LogP contribution in [-0.4, -0.2) is 117 Å². The molecule has 16 nitrogen and oxygen atoms in total. The summed E-state index contributed by atoms with van der Waals surface area (Å²) in [4.78, 5) is 69.4. The molecule has 3 amide bonds. The van der Waals surface area contributed by atoms with Gasteiger partial charge in [-0.2, -0.15) is 5.10 Å². The lowest BCUT2D eigenvalue weighted by atomic mass is 9.90. The number of para-hydroxylation sites is 1. The number of aryl methyl sites for hydroxylation is 1. The highest BCUT2D eigenvalue weighted by Gasteiger charge is 2.32. The van der Waals surface area contributed by atoms with Gasteiger partial charge in [0.25, 0.3) is 5.91 Å². The van der Waals surface area contributed by atoms with Crippen molar-refractivity contribution >= 4 is 72.8 Å². The van der Waals surface area contributed by atoms with Crippen molar-refractivity contribution in [2.45, 2.75) is 57.6 Å². The molecule has 1 atom stereocenters. The minimum Gasteiger partial charge on any atom is -0.489 e. The van der Waals surface area contributed by atoms with Crippen LogP contribution in [-0.2, 0) is 42.6 Å². The normalized spacial score (nSPS) is 18.1. The Morgan fingerprint density at radius 3 is 2.43 bits per heavy atom. The Morgan fingerprint density at radius 2 is 1.62 bits per heavy atom. The number of carboxylic acids is 1. The third-order valence-corrected chi connectivity index (χ3v) is 15.9. The Balaban J connectivity index is 0.636. The lowest BCUT2D eigenvalue weighted by molar-refractivity contribution is -0.134. The summed E-state index contributed by atoms with van der Waals surface area (Å²) in [6.07, 6.45) is 4.76. The zero-order valence-electron chi connectivity index (χ0n) is 40.4. The SMILES string of the molecule is Cn1nc(C2CCC(=O)NC2=O)c2ccc(N3CCN(CCN4CCC(Cc5cccc(OCc6ccc(N7CCc8cccc(C(=O)Nc9nc%10ccccc%10s9)c8C7)nc6C(=O)O)c5)CC4)CC3)cc21. The number of aromatic nitrogens is 4. The van der Waals surface area contributed by atoms with Gasteiger partial charge in [0.05, 0.1) is 27.3 Å². The molecular formula is C55H58N10O6S. The number of ether oxygens (including phenoxy) is 1. The Kier molecular flexibility index (Phi) is 13.4. The van der Waals surface area contributed by atoms with Gasteiger partial charge in [0.2, 0.25) is 11.8 Å². The molecule has 0 bridgehead atoms. The molecule has 370 valence electrons. The number of piperidine rings is 2. The van der Waals surface area contributed by atoms with Gasteiger partial charge in [-0.1, -0.05) is 47.7 Å². The van der Waals surface area contributed by atoms with Gasteiger partial charge >= 0.3 is 5.97 Å². The van der Waals surface area contributed by atoms with Crippen LogP contribution < -0.4 is 25.2 Å². The number of imide groups is 1. The molecule has 0 saturated carbocycles. The van der Waals surface area contributed by atoms with Gasteiger partial charge < -0.3 is 24.5 Å². The van der Waals surface area contributed by atoms with E-state index in [4.69, 9.17) is 9.84 Å². The molecule has 3 aromatic heterocycles. The van der Waals surface area contributed by atoms with Crippen molar-refractivity contribution in [1.29, 1.82) is 0 Å². The minimum atomic E-state index is -1.12. The summed E-state index contributed by atoms with van der Waals surface area (Å²) in [5.41, 5.74) is 7.94. The first kappa shape index (κ1) is 47.1. The molecule has 72 heavy (non-hydrogen) atoms. The van der Waals surface area contributed by atoms with Crippen molar-refractivity contribution in [3.8, 4) is 5.75 Å². The number of aromatic carboxylic acids is 1. The van der Waals surface area contributed by atoms with Crippen LogP contribution >= 0.6 is 11.3 Å². The molecule has 3 N–H and O–H groups in total. The average Bonchev–Trinajstić information content (AvgIpc) is 3.96. The van der Waals surface area contributed by atoms with Crippen molar-refractivity contribution in [1.82, 2.24) is 34.9 Å². The molecule has 7 heterocycles. The minimum absolute atomic E-state index is 0.0473. The van der Waals surface area contributed by atoms with Crippen LogP contribution in [0.15, 0.2) is 97.1 Å². The van der Waals surface area contributed by atoms with E-state index in [0.717, 1.165) is 115 Å². The van der Waals surface area contributed by atoms with E-state index in [1.165, 1.54) is 16.9 Å². The van der Waals surface area contributed by atoms with Crippen molar-refractivity contribution in [2.24, 2.45) is 13.0 Å². The van der Waals surface area contributed by atoms with Crippen molar-refractivity contribution in [3.05, 3.63) is 136 Å². The van der Waals surface area contributed by atoms with Crippen LogP contribution in [0, 0.1) is 5.92 Å². The van der Waals surface area contributed by atoms with Gasteiger partial charge in [-0.25, -0.2) is 14.8 Å². The van der Waals surface area contributed by atoms with E-state index in [9.17, 15) is 24.3 Å². The number of nitrogens with one attached hydrogen (secondary N) is 2. The van der Waals surface area contributed by atoms with E-state index in [1.807, 2.05) is 77.3 Å². The Hall–Kier alpha value is -7.21. The molecule has 3 saturated heterocycles. The second-order valence-electron chi connectivity index (χ2n) is 19.5. The third kappa shape index (κ3) is 10.1. The standard InChI is InChI=1S/C55H58N10O6S/c1-61-46-32-39(13-14-42(46)51(60-61)43-15-17-49(66)58-53(43)68)64-28-26-63(27-29-64)25-24-62-21-18-35(19-22-62)30-36-6-4-8-40(31-36)71-34-38-12-16-48(57-50(38)54(69)70)65-23-20-37-7-5-9-41(44(37)33-65)52(67)59-55-56-45-10-2-3-11-47(45)72-55/h2-14,16,31-32,35,43H,15,17-30,33-34H2,1H3,(H,69,70)(H,56,59,67)(H,58,66,68). The number of carboxylic acid groups (broad SMARTS) is 1. The summed E-state index contributed by atoms with van der Waals surface area (Å²) in [5, 5.41) is 22.0. The second kappa shape index (κ2) is 20.5. The Labute approximate surface area is 421 Å². The fourth-order valence-electron chi connectivity index (χ4n) is 10.9. The average molecular weight is 987 g/mol. The first-order valence-corrected chi connectivity index (χ1v) is 25.9. The van der Waals surface area contributed by atoms with E-state index in [2.05, 4.69) is 65.6 Å². The van der Waals surface area contributed by atoms with Gasteiger partial charge in [-0.05, 0) is 128 Å². The third-order valence-electron chi connectivity index (χ3n) is 14.9. The van der Waals surface area contributed by atoms with Crippen LogP contribution in [0.1, 0.15) is 80.4 Å². The van der Waals surface area contributed by atoms with E-state index in [0.29, 0.717) is 66.1 Å². The maximum Gasteiger partial charge on any atom is 0.354 e. The highest BCUT2D eigenvalue weighted by atomic mass is 32.1. The number of pyridine rings is 1. The number of rotatable bonds is 14. The maximum atomic E-state index is 13.6. The molecule has 7 aromatic rings. The van der Waals surface area contributed by atoms with Gasteiger partial charge in [-0.3, -0.25) is 34.6 Å². The molecule has 0 aliphatic carbocycles. The molecule has 4 aliphatic heterocycles. The molecule has 11 rings (SSSR count). The number of piperazine rings is 1. The molecule has 17 heteroatoms. The van der Waals surface area contributed by atoms with Crippen molar-refractivity contribution in [3.63, 3.8) is 0 Å². The maximum absolute atomic E-state index is 13.6. The number of likely N-dealkylation sites (tertiary alicyclic amines) is 1. The zero-order chi connectivity index (χ0) is 49.3. The number of amides is 3. The second-order valence-corrected chi connectivity index (χ2v) is 20.5. The van der Waals surface area contributed by atoms with Gasteiger partial charge in [0.15, 0.2) is 10.8 Å². The number of hydrogen-bond donors (Lipinski definition) is 3. The topological polar surface area (TPSA) is 178 Å². The van der Waals surface area contributed by atoms with Crippen molar-refractivity contribution < 1.29 is 29.0 Å². The largest absolute Gasteiger partial charge is 0.489 e. The molecule has 3 fully saturated rings. The highest BCUT2D eigenvalue weighted by Crippen LogP contribution is 2.34. The van der Waals surface area contributed by atoms with Gasteiger partial charge in [0.1, 0.15) is 18.2 Å². The van der Waals surface area contributed by atoms with Crippen LogP contribution in [0.2, 0.25) is 0 Å². The number of fused-ring (bicyclic) bond motifs is 3. The fraction of sp³-hybridized carbons (Fsp3) is 0.364. The van der Waals surface area contributed by atoms with Gasteiger partial charge in [0, 0.05) is 88.0 Å². The number of anilines is 3. The number of thiazole rings is 1. The van der Waals surface area contributed by atoms with Crippen molar-refractivity contribution in [2.75, 3.05) is 74.0 Å². The molecule has 0 spiro atoms. The van der Waals surface area contributed by atoms with E-state index >= 15 is 0 Å². The summed E-state index contributed by atoms with van der Waals surface area (Å²) in [6.45, 7) is 9.30. The van der Waals surface area contributed by atoms with Crippen LogP contribution in [0.3, 0.4) is 0 Å². The zero-order valence-corrected chi connectivity index (χ0v) is 41.2. The first-order valence-electron chi connectivity index (χ1n) is 25.1. The van der Waals surface area contributed by atoms with E-state index < -0.39 is 11.9 Å². The smallest absolute Gasteiger partial charge is 0.354 e. The Morgan fingerprint density at radius 1 is 0.819 bits per heavy atom. The molecule has 4 aromatic carbocycles. The fourth-order valence-corrected chi connectivity index (χ4v) is 11.8. The quantitative estimate of drug-likeness (QED) is 0.0929. The highest BCUT2D eigenvalue weighted by molar-refractivity contribution is 7.22. The first-order chi connectivity index (χ1) is 35.1. The summed E-state index contributed by atoms with van der Waals surface area (Å²) in [6, 6.07) is 31.8.